The largest absolute Gasteiger partial charge is 0.508 e. The van der Waals surface area contributed by atoms with E-state index in [1.54, 1.807) is 23.5 Å². The maximum Gasteiger partial charge on any atom is 0.251 e. The number of thiazole rings is 1. The van der Waals surface area contributed by atoms with E-state index < -0.39 is 0 Å². The summed E-state index contributed by atoms with van der Waals surface area (Å²) in [5, 5.41) is 13.7. The molecule has 2 aliphatic rings. The Kier molecular flexibility index (Phi) is 8.65. The van der Waals surface area contributed by atoms with Gasteiger partial charge in [0.15, 0.2) is 5.13 Å². The molecule has 0 radical (unpaired) electrons. The molecule has 202 valence electrons. The molecular weight excluding hydrogens is 492 g/mol. The van der Waals surface area contributed by atoms with Gasteiger partial charge >= 0.3 is 0 Å². The second-order valence-corrected chi connectivity index (χ2v) is 12.1. The third-order valence-electron chi connectivity index (χ3n) is 8.29. The van der Waals surface area contributed by atoms with Gasteiger partial charge < -0.3 is 21.1 Å². The van der Waals surface area contributed by atoms with Crippen molar-refractivity contribution in [2.45, 2.75) is 76.8 Å². The molecule has 6 nitrogen and oxygen atoms in total. The Labute approximate surface area is 230 Å². The number of rotatable bonds is 9. The Morgan fingerprint density at radius 2 is 1.87 bits per heavy atom. The number of carbonyl (C=O) groups is 1. The molecule has 1 fully saturated rings. The lowest BCUT2D eigenvalue weighted by molar-refractivity contribution is 0.0918. The fourth-order valence-corrected chi connectivity index (χ4v) is 7.11. The number of nitrogen functional groups attached to an aromatic ring is 1. The van der Waals surface area contributed by atoms with Crippen LogP contribution in [0.4, 0.5) is 5.13 Å². The standard InChI is InChI=1S/C31H40N4O2S/c1-2-17-35(26-14-15-28-29(20-26)38-31(32)34-28)18-16-21-6-12-25(13-7-21)33-30(37)23-10-8-22(9-11-23)24-4-3-5-27(36)19-24/h3-5,8-11,19,21,25-26,36H,2,6-7,12-18,20H2,1H3,(H2,32,34)(H,33,37)/t21?,25?,26-/m0/s1. The van der Waals surface area contributed by atoms with Crippen LogP contribution in [0.25, 0.3) is 11.1 Å². The fourth-order valence-electron chi connectivity index (χ4n) is 6.17. The predicted octanol–water partition coefficient (Wildman–Crippen LogP) is 6.05. The fraction of sp³-hybridized carbons (Fsp3) is 0.484. The number of fused-ring (bicyclic) bond motifs is 1. The molecule has 0 unspecified atom stereocenters. The first-order valence-electron chi connectivity index (χ1n) is 14.2. The number of aromatic nitrogens is 1. The van der Waals surface area contributed by atoms with Gasteiger partial charge in [-0.05, 0) is 112 Å². The van der Waals surface area contributed by atoms with Crippen molar-refractivity contribution >= 4 is 22.4 Å². The van der Waals surface area contributed by atoms with Crippen LogP contribution < -0.4 is 11.1 Å². The maximum absolute atomic E-state index is 12.9. The highest BCUT2D eigenvalue weighted by molar-refractivity contribution is 7.15. The summed E-state index contributed by atoms with van der Waals surface area (Å²) in [6.07, 6.45) is 10.2. The number of carbonyl (C=O) groups excluding carboxylic acids is 1. The quantitative estimate of drug-likeness (QED) is 0.312. The zero-order chi connectivity index (χ0) is 26.5. The number of benzene rings is 2. The summed E-state index contributed by atoms with van der Waals surface area (Å²) in [6.45, 7) is 4.60. The van der Waals surface area contributed by atoms with E-state index in [9.17, 15) is 9.90 Å². The van der Waals surface area contributed by atoms with Crippen LogP contribution >= 0.6 is 11.3 Å². The molecule has 1 heterocycles. The lowest BCUT2D eigenvalue weighted by atomic mass is 9.83. The molecule has 0 spiro atoms. The molecule has 5 rings (SSSR count). The summed E-state index contributed by atoms with van der Waals surface area (Å²) >= 11 is 1.68. The summed E-state index contributed by atoms with van der Waals surface area (Å²) in [6, 6.07) is 15.7. The third kappa shape index (κ3) is 6.56. The van der Waals surface area contributed by atoms with Crippen LogP contribution in [0, 0.1) is 5.92 Å². The van der Waals surface area contributed by atoms with E-state index in [1.165, 1.54) is 42.7 Å². The van der Waals surface area contributed by atoms with Gasteiger partial charge in [0.25, 0.3) is 5.91 Å². The number of phenolic OH excluding ortho intramolecular Hbond substituents is 1. The van der Waals surface area contributed by atoms with Gasteiger partial charge in [0, 0.05) is 22.5 Å². The van der Waals surface area contributed by atoms with Gasteiger partial charge in [0.1, 0.15) is 5.75 Å². The first kappa shape index (κ1) is 26.7. The Morgan fingerprint density at radius 1 is 1.08 bits per heavy atom. The van der Waals surface area contributed by atoms with Crippen LogP contribution in [0.2, 0.25) is 0 Å². The number of nitrogens with one attached hydrogen (secondary N) is 1. The van der Waals surface area contributed by atoms with Gasteiger partial charge in [-0.25, -0.2) is 4.98 Å². The molecule has 7 heteroatoms. The highest BCUT2D eigenvalue weighted by Gasteiger charge is 2.28. The minimum atomic E-state index is 0.00500. The molecule has 1 saturated carbocycles. The molecule has 3 aromatic rings. The molecule has 38 heavy (non-hydrogen) atoms. The van der Waals surface area contributed by atoms with Crippen molar-refractivity contribution in [3.8, 4) is 16.9 Å². The summed E-state index contributed by atoms with van der Waals surface area (Å²) < 4.78 is 0. The lowest BCUT2D eigenvalue weighted by Gasteiger charge is -2.36. The summed E-state index contributed by atoms with van der Waals surface area (Å²) in [5.74, 6) is 0.986. The SMILES string of the molecule is CCCN(CCC1CCC(NC(=O)c2ccc(-c3cccc(O)c3)cc2)CC1)[C@H]1CCc2nc(N)sc2C1. The third-order valence-corrected chi connectivity index (χ3v) is 9.24. The van der Waals surface area contributed by atoms with E-state index in [0.717, 1.165) is 55.8 Å². The monoisotopic (exact) mass is 532 g/mol. The molecule has 1 aromatic heterocycles. The van der Waals surface area contributed by atoms with Gasteiger partial charge in [-0.3, -0.25) is 4.79 Å². The van der Waals surface area contributed by atoms with Crippen molar-refractivity contribution in [2.75, 3.05) is 18.8 Å². The Hall–Kier alpha value is -2.90. The average Bonchev–Trinajstić information content (AvgIpc) is 3.31. The first-order valence-corrected chi connectivity index (χ1v) is 15.0. The number of nitrogens with two attached hydrogens (primary N) is 1. The van der Waals surface area contributed by atoms with E-state index >= 15 is 0 Å². The highest BCUT2D eigenvalue weighted by atomic mass is 32.1. The molecule has 1 atom stereocenters. The Bertz CT molecular complexity index is 1220. The van der Waals surface area contributed by atoms with Crippen LogP contribution in [-0.4, -0.2) is 46.1 Å². The molecule has 2 aliphatic carbocycles. The van der Waals surface area contributed by atoms with E-state index in [1.807, 2.05) is 36.4 Å². The van der Waals surface area contributed by atoms with E-state index in [2.05, 4.69) is 22.1 Å². The van der Waals surface area contributed by atoms with Crippen LogP contribution in [0.5, 0.6) is 5.75 Å². The van der Waals surface area contributed by atoms with Gasteiger partial charge in [-0.2, -0.15) is 0 Å². The number of amides is 1. The van der Waals surface area contributed by atoms with Crippen LogP contribution in [0.1, 0.15) is 72.8 Å². The number of phenols is 1. The summed E-state index contributed by atoms with van der Waals surface area (Å²) in [5.41, 5.74) is 9.80. The minimum absolute atomic E-state index is 0.00500. The van der Waals surface area contributed by atoms with Crippen LogP contribution in [-0.2, 0) is 12.8 Å². The number of aryl methyl sites for hydroxylation is 1. The van der Waals surface area contributed by atoms with Crippen molar-refractivity contribution in [3.05, 3.63) is 64.7 Å². The Balaban J connectivity index is 1.07. The van der Waals surface area contributed by atoms with Crippen LogP contribution in [0.3, 0.4) is 0 Å². The predicted molar refractivity (Wildman–Crippen MR) is 156 cm³/mol. The summed E-state index contributed by atoms with van der Waals surface area (Å²) in [7, 11) is 0. The molecule has 4 N–H and O–H groups in total. The van der Waals surface area contributed by atoms with Gasteiger partial charge in [0.05, 0.1) is 5.69 Å². The highest BCUT2D eigenvalue weighted by Crippen LogP contribution is 2.32. The molecule has 0 bridgehead atoms. The van der Waals surface area contributed by atoms with E-state index in [4.69, 9.17) is 5.73 Å². The molecule has 0 aliphatic heterocycles. The van der Waals surface area contributed by atoms with Crippen molar-refractivity contribution in [1.82, 2.24) is 15.2 Å². The normalized spacial score (nSPS) is 21.3. The van der Waals surface area contributed by atoms with Crippen molar-refractivity contribution in [3.63, 3.8) is 0 Å². The van der Waals surface area contributed by atoms with Crippen molar-refractivity contribution < 1.29 is 9.90 Å². The van der Waals surface area contributed by atoms with Crippen LogP contribution in [0.15, 0.2) is 48.5 Å². The number of aromatic hydroxyl groups is 1. The maximum atomic E-state index is 12.9. The van der Waals surface area contributed by atoms with Crippen molar-refractivity contribution in [2.24, 2.45) is 5.92 Å². The van der Waals surface area contributed by atoms with Gasteiger partial charge in [-0.1, -0.05) is 31.2 Å². The zero-order valence-corrected chi connectivity index (χ0v) is 23.2. The van der Waals surface area contributed by atoms with Crippen molar-refractivity contribution in [1.29, 1.82) is 0 Å². The second kappa shape index (κ2) is 12.3. The molecule has 1 amide bonds. The van der Waals surface area contributed by atoms with E-state index in [-0.39, 0.29) is 17.7 Å². The lowest BCUT2D eigenvalue weighted by Crippen LogP contribution is -2.41. The average molecular weight is 533 g/mol. The number of anilines is 1. The van der Waals surface area contributed by atoms with E-state index in [0.29, 0.717) is 16.7 Å². The molecule has 0 saturated heterocycles. The number of nitrogens with zero attached hydrogens (tertiary/aromatic N) is 2. The number of hydrogen-bond acceptors (Lipinski definition) is 6. The topological polar surface area (TPSA) is 91.5 Å². The Morgan fingerprint density at radius 3 is 2.61 bits per heavy atom. The van der Waals surface area contributed by atoms with Gasteiger partial charge in [0.2, 0.25) is 0 Å². The molecular formula is C31H40N4O2S. The number of hydrogen-bond donors (Lipinski definition) is 3. The summed E-state index contributed by atoms with van der Waals surface area (Å²) in [4.78, 5) is 21.5. The smallest absolute Gasteiger partial charge is 0.251 e. The second-order valence-electron chi connectivity index (χ2n) is 11.0. The van der Waals surface area contributed by atoms with Gasteiger partial charge in [-0.15, -0.1) is 11.3 Å². The first-order chi connectivity index (χ1) is 18.5. The zero-order valence-electron chi connectivity index (χ0n) is 22.4. The molecule has 2 aromatic carbocycles. The minimum Gasteiger partial charge on any atom is -0.508 e.